The molecular formula is C23H28ClN3O6S2. The third kappa shape index (κ3) is 6.40. The SMILES string of the molecule is C=C[C@]1(NS(=O)(=O)c2ccc3cc(Cl)ccc3c2)CCCN(CC(=O)N(C)CCS(C)(=O)=O)C1=O. The fourth-order valence-electron chi connectivity index (χ4n) is 3.89. The maximum Gasteiger partial charge on any atom is 0.248 e. The standard InChI is InChI=1S/C23H28ClN3O6S2/c1-4-23(25-35(32,33)20-9-7-17-14-19(24)8-6-18(17)15-20)10-5-11-27(22(23)29)16-21(28)26(2)12-13-34(3,30)31/h4,6-9,14-15,25H,1,5,10-13,16H2,2-3H3/t23-/m0/s1. The lowest BCUT2D eigenvalue weighted by atomic mass is 9.89. The van der Waals surface area contributed by atoms with Crippen LogP contribution in [0.2, 0.25) is 5.02 Å². The van der Waals surface area contributed by atoms with E-state index in [0.29, 0.717) is 16.8 Å². The van der Waals surface area contributed by atoms with Crippen LogP contribution in [0.1, 0.15) is 12.8 Å². The number of nitrogens with one attached hydrogen (secondary N) is 1. The van der Waals surface area contributed by atoms with Crippen LogP contribution >= 0.6 is 11.6 Å². The molecule has 12 heteroatoms. The van der Waals surface area contributed by atoms with Crippen LogP contribution in [0, 0.1) is 0 Å². The molecule has 2 amide bonds. The monoisotopic (exact) mass is 541 g/mol. The van der Waals surface area contributed by atoms with Gasteiger partial charge in [0.15, 0.2) is 0 Å². The summed E-state index contributed by atoms with van der Waals surface area (Å²) in [6, 6.07) is 9.65. The molecule has 1 saturated heterocycles. The molecule has 2 aromatic rings. The van der Waals surface area contributed by atoms with Crippen LogP contribution < -0.4 is 4.72 Å². The Kier molecular flexibility index (Phi) is 7.95. The number of likely N-dealkylation sites (N-methyl/N-ethyl adjacent to an activating group) is 1. The number of carbonyl (C=O) groups is 2. The molecule has 1 fully saturated rings. The molecule has 1 aliphatic rings. The molecule has 35 heavy (non-hydrogen) atoms. The second kappa shape index (κ2) is 10.3. The van der Waals surface area contributed by atoms with E-state index in [9.17, 15) is 26.4 Å². The van der Waals surface area contributed by atoms with Crippen LogP contribution in [-0.2, 0) is 29.4 Å². The quantitative estimate of drug-likeness (QED) is 0.483. The lowest BCUT2D eigenvalue weighted by Crippen LogP contribution is -2.62. The first-order chi connectivity index (χ1) is 16.3. The largest absolute Gasteiger partial charge is 0.343 e. The molecular weight excluding hydrogens is 514 g/mol. The second-order valence-electron chi connectivity index (χ2n) is 8.71. The Balaban J connectivity index is 1.79. The molecule has 0 unspecified atom stereocenters. The van der Waals surface area contributed by atoms with Crippen molar-refractivity contribution in [2.75, 3.05) is 38.7 Å². The van der Waals surface area contributed by atoms with E-state index in [1.54, 1.807) is 24.3 Å². The van der Waals surface area contributed by atoms with Crippen molar-refractivity contribution >= 4 is 54.0 Å². The summed E-state index contributed by atoms with van der Waals surface area (Å²) in [7, 11) is -5.92. The zero-order chi connectivity index (χ0) is 26.0. The van der Waals surface area contributed by atoms with Crippen molar-refractivity contribution in [3.8, 4) is 0 Å². The Bertz CT molecular complexity index is 1380. The predicted molar refractivity (Wildman–Crippen MR) is 135 cm³/mol. The molecule has 9 nitrogen and oxygen atoms in total. The van der Waals surface area contributed by atoms with Crippen molar-refractivity contribution in [2.24, 2.45) is 0 Å². The average Bonchev–Trinajstić information content (AvgIpc) is 2.79. The van der Waals surface area contributed by atoms with Gasteiger partial charge in [0.1, 0.15) is 15.4 Å². The number of halogens is 1. The first kappa shape index (κ1) is 27.1. The van der Waals surface area contributed by atoms with Gasteiger partial charge in [0.25, 0.3) is 0 Å². The maximum absolute atomic E-state index is 13.4. The zero-order valence-electron chi connectivity index (χ0n) is 19.5. The minimum absolute atomic E-state index is 0.00783. The summed E-state index contributed by atoms with van der Waals surface area (Å²) < 4.78 is 51.8. The number of likely N-dealkylation sites (tertiary alicyclic amines) is 1. The summed E-state index contributed by atoms with van der Waals surface area (Å²) in [6.45, 7) is 3.65. The van der Waals surface area contributed by atoms with Crippen LogP contribution in [0.5, 0.6) is 0 Å². The Hall–Kier alpha value is -2.47. The highest BCUT2D eigenvalue weighted by Crippen LogP contribution is 2.28. The average molecular weight is 542 g/mol. The minimum Gasteiger partial charge on any atom is -0.343 e. The molecule has 1 heterocycles. The second-order valence-corrected chi connectivity index (χ2v) is 13.1. The first-order valence-corrected chi connectivity index (χ1v) is 14.8. The van der Waals surface area contributed by atoms with Gasteiger partial charge in [-0.05, 0) is 47.9 Å². The van der Waals surface area contributed by atoms with Gasteiger partial charge in [-0.2, -0.15) is 4.72 Å². The van der Waals surface area contributed by atoms with Gasteiger partial charge in [0.2, 0.25) is 21.8 Å². The molecule has 2 aromatic carbocycles. The topological polar surface area (TPSA) is 121 Å². The molecule has 1 N–H and O–H groups in total. The molecule has 0 radical (unpaired) electrons. The maximum atomic E-state index is 13.4. The van der Waals surface area contributed by atoms with Crippen molar-refractivity contribution in [3.63, 3.8) is 0 Å². The number of fused-ring (bicyclic) bond motifs is 1. The van der Waals surface area contributed by atoms with E-state index >= 15 is 0 Å². The minimum atomic E-state index is -4.12. The molecule has 0 aliphatic carbocycles. The number of hydrogen-bond donors (Lipinski definition) is 1. The van der Waals surface area contributed by atoms with E-state index in [1.807, 2.05) is 0 Å². The van der Waals surface area contributed by atoms with Crippen molar-refractivity contribution in [3.05, 3.63) is 54.1 Å². The fourth-order valence-corrected chi connectivity index (χ4v) is 6.07. The molecule has 0 aromatic heterocycles. The molecule has 0 bridgehead atoms. The van der Waals surface area contributed by atoms with Crippen LogP contribution in [-0.4, -0.2) is 82.7 Å². The van der Waals surface area contributed by atoms with Crippen molar-refractivity contribution in [1.29, 1.82) is 0 Å². The first-order valence-electron chi connectivity index (χ1n) is 10.8. The van der Waals surface area contributed by atoms with Crippen LogP contribution in [0.15, 0.2) is 53.9 Å². The lowest BCUT2D eigenvalue weighted by Gasteiger charge is -2.40. The molecule has 190 valence electrons. The van der Waals surface area contributed by atoms with E-state index in [4.69, 9.17) is 11.6 Å². The number of amides is 2. The summed E-state index contributed by atoms with van der Waals surface area (Å²) in [5.74, 6) is -1.23. The van der Waals surface area contributed by atoms with Crippen LogP contribution in [0.4, 0.5) is 0 Å². The number of rotatable bonds is 9. The molecule has 1 atom stereocenters. The third-order valence-corrected chi connectivity index (χ3v) is 8.63. The predicted octanol–water partition coefficient (Wildman–Crippen LogP) is 1.82. The van der Waals surface area contributed by atoms with Gasteiger partial charge in [-0.1, -0.05) is 29.8 Å². The summed E-state index contributed by atoms with van der Waals surface area (Å²) in [5.41, 5.74) is -1.61. The van der Waals surface area contributed by atoms with Gasteiger partial charge < -0.3 is 9.80 Å². The number of sulfonamides is 1. The number of carbonyl (C=O) groups excluding carboxylic acids is 2. The summed E-state index contributed by atoms with van der Waals surface area (Å²) in [6.07, 6.45) is 2.97. The van der Waals surface area contributed by atoms with Gasteiger partial charge >= 0.3 is 0 Å². The summed E-state index contributed by atoms with van der Waals surface area (Å²) in [5, 5.41) is 1.97. The van der Waals surface area contributed by atoms with Gasteiger partial charge in [-0.15, -0.1) is 6.58 Å². The van der Waals surface area contributed by atoms with Gasteiger partial charge in [0, 0.05) is 31.4 Å². The van der Waals surface area contributed by atoms with E-state index < -0.39 is 37.2 Å². The third-order valence-electron chi connectivity index (χ3n) is 5.97. The van der Waals surface area contributed by atoms with E-state index in [0.717, 1.165) is 11.6 Å². The molecule has 1 aliphatic heterocycles. The van der Waals surface area contributed by atoms with Crippen LogP contribution in [0.3, 0.4) is 0 Å². The molecule has 0 spiro atoms. The Labute approximate surface area is 210 Å². The van der Waals surface area contributed by atoms with E-state index in [-0.39, 0.29) is 36.7 Å². The van der Waals surface area contributed by atoms with Crippen molar-refractivity contribution in [2.45, 2.75) is 23.3 Å². The number of piperidine rings is 1. The highest BCUT2D eigenvalue weighted by molar-refractivity contribution is 7.90. The van der Waals surface area contributed by atoms with E-state index in [1.165, 1.54) is 35.1 Å². The molecule has 3 rings (SSSR count). The van der Waals surface area contributed by atoms with Crippen molar-refractivity contribution in [1.82, 2.24) is 14.5 Å². The molecule has 0 saturated carbocycles. The van der Waals surface area contributed by atoms with Crippen molar-refractivity contribution < 1.29 is 26.4 Å². The van der Waals surface area contributed by atoms with Crippen LogP contribution in [0.25, 0.3) is 10.8 Å². The smallest absolute Gasteiger partial charge is 0.248 e. The number of hydrogen-bond acceptors (Lipinski definition) is 6. The van der Waals surface area contributed by atoms with E-state index in [2.05, 4.69) is 11.3 Å². The summed E-state index contributed by atoms with van der Waals surface area (Å²) in [4.78, 5) is 28.4. The van der Waals surface area contributed by atoms with Gasteiger partial charge in [-0.3, -0.25) is 9.59 Å². The number of nitrogens with zero attached hydrogens (tertiary/aromatic N) is 2. The normalized spacial score (nSPS) is 19.1. The zero-order valence-corrected chi connectivity index (χ0v) is 21.9. The Morgan fingerprint density at radius 1 is 1.20 bits per heavy atom. The lowest BCUT2D eigenvalue weighted by molar-refractivity contribution is -0.144. The number of sulfone groups is 1. The Morgan fingerprint density at radius 2 is 1.86 bits per heavy atom. The Morgan fingerprint density at radius 3 is 2.51 bits per heavy atom. The highest BCUT2D eigenvalue weighted by atomic mass is 35.5. The summed E-state index contributed by atoms with van der Waals surface area (Å²) >= 11 is 6.00. The van der Waals surface area contributed by atoms with Gasteiger partial charge in [0.05, 0.1) is 17.2 Å². The fraction of sp³-hybridized carbons (Fsp3) is 0.391. The number of benzene rings is 2. The van der Waals surface area contributed by atoms with Gasteiger partial charge in [-0.25, -0.2) is 16.8 Å². The highest BCUT2D eigenvalue weighted by Gasteiger charge is 2.45.